The van der Waals surface area contributed by atoms with Gasteiger partial charge in [-0.2, -0.15) is 0 Å². The van der Waals surface area contributed by atoms with Gasteiger partial charge in [-0.1, -0.05) is 11.6 Å². The number of alkyl halides is 1. The molecule has 0 aromatic heterocycles. The third-order valence-electron chi connectivity index (χ3n) is 6.28. The maximum Gasteiger partial charge on any atom is 0.267 e. The number of hydrogen-bond acceptors (Lipinski definition) is 5. The Hall–Kier alpha value is -2.14. The molecule has 2 aromatic rings. The van der Waals surface area contributed by atoms with Crippen molar-refractivity contribution in [2.75, 3.05) is 26.0 Å². The zero-order chi connectivity index (χ0) is 25.5. The molecule has 1 atom stereocenters. The number of carbonyl (C=O) groups is 1. The smallest absolute Gasteiger partial charge is 0.267 e. The fourth-order valence-electron chi connectivity index (χ4n) is 4.35. The molecule has 0 radical (unpaired) electrons. The van der Waals surface area contributed by atoms with Gasteiger partial charge >= 0.3 is 0 Å². The molecule has 4 rings (SSSR count). The highest BCUT2D eigenvalue weighted by molar-refractivity contribution is 7.89. The van der Waals surface area contributed by atoms with Gasteiger partial charge < -0.3 is 4.74 Å². The first kappa shape index (κ1) is 25.9. The predicted molar refractivity (Wildman–Crippen MR) is 126 cm³/mol. The van der Waals surface area contributed by atoms with Crippen molar-refractivity contribution in [1.29, 1.82) is 0 Å². The van der Waals surface area contributed by atoms with Gasteiger partial charge in [0.2, 0.25) is 10.0 Å². The van der Waals surface area contributed by atoms with E-state index in [0.717, 1.165) is 25.2 Å². The first-order valence-corrected chi connectivity index (χ1v) is 13.4. The number of sulfonamides is 1. The van der Waals surface area contributed by atoms with Crippen LogP contribution in [0.2, 0.25) is 5.02 Å². The number of ether oxygens (including phenoxy) is 1. The summed E-state index contributed by atoms with van der Waals surface area (Å²) in [4.78, 5) is 14.0. The third kappa shape index (κ3) is 6.35. The van der Waals surface area contributed by atoms with Crippen LogP contribution in [0.1, 0.15) is 58.8 Å². The van der Waals surface area contributed by atoms with E-state index < -0.39 is 33.2 Å². The average molecular weight is 531 g/mol. The summed E-state index contributed by atoms with van der Waals surface area (Å²) in [5.74, 6) is -2.24. The van der Waals surface area contributed by atoms with Crippen LogP contribution >= 0.6 is 11.6 Å². The van der Waals surface area contributed by atoms with Crippen molar-refractivity contribution in [1.82, 2.24) is 9.62 Å². The fraction of sp³-hybridized carbons (Fsp3) is 0.458. The van der Waals surface area contributed by atoms with Crippen molar-refractivity contribution < 1.29 is 31.1 Å². The molecule has 1 saturated carbocycles. The molecule has 1 aliphatic carbocycles. The van der Waals surface area contributed by atoms with Crippen LogP contribution in [-0.4, -0.2) is 50.8 Å². The van der Waals surface area contributed by atoms with Crippen LogP contribution in [-0.2, 0) is 21.4 Å². The maximum absolute atomic E-state index is 15.1. The highest BCUT2D eigenvalue weighted by atomic mass is 35.5. The lowest BCUT2D eigenvalue weighted by Gasteiger charge is -2.47. The first-order chi connectivity index (χ1) is 16.3. The number of carbonyl (C=O) groups excluding carboxylic acids is 1. The number of halogens is 4. The molecule has 2 fully saturated rings. The summed E-state index contributed by atoms with van der Waals surface area (Å²) < 4.78 is 73.4. The summed E-state index contributed by atoms with van der Waals surface area (Å²) in [6.45, 7) is 1.78. The van der Waals surface area contributed by atoms with Gasteiger partial charge in [-0.3, -0.25) is 9.69 Å². The zero-order valence-corrected chi connectivity index (χ0v) is 20.9. The van der Waals surface area contributed by atoms with Crippen LogP contribution < -0.4 is 4.72 Å². The number of nitrogens with one attached hydrogen (secondary N) is 1. The molecular weight excluding hydrogens is 505 g/mol. The van der Waals surface area contributed by atoms with Crippen LogP contribution in [0.15, 0.2) is 30.3 Å². The summed E-state index contributed by atoms with van der Waals surface area (Å²) in [5, 5.41) is 0.278. The highest BCUT2D eigenvalue weighted by Crippen LogP contribution is 2.43. The van der Waals surface area contributed by atoms with Gasteiger partial charge in [0, 0.05) is 24.2 Å². The second-order valence-electron chi connectivity index (χ2n) is 9.44. The van der Waals surface area contributed by atoms with Gasteiger partial charge in [0.1, 0.15) is 11.6 Å². The minimum atomic E-state index is -3.84. The number of rotatable bonds is 9. The van der Waals surface area contributed by atoms with Crippen molar-refractivity contribution in [2.45, 2.75) is 44.0 Å². The Labute approximate surface area is 207 Å². The van der Waals surface area contributed by atoms with E-state index in [1.165, 1.54) is 18.2 Å². The summed E-state index contributed by atoms with van der Waals surface area (Å²) in [7, 11) is -3.84. The molecule has 1 aliphatic heterocycles. The summed E-state index contributed by atoms with van der Waals surface area (Å²) in [6, 6.07) is 6.52. The monoisotopic (exact) mass is 530 g/mol. The minimum absolute atomic E-state index is 0.0442. The Balaban J connectivity index is 1.37. The topological polar surface area (TPSA) is 75.7 Å². The second-order valence-corrected chi connectivity index (χ2v) is 11.6. The normalized spacial score (nSPS) is 18.7. The van der Waals surface area contributed by atoms with Crippen LogP contribution in [0, 0.1) is 11.6 Å². The van der Waals surface area contributed by atoms with E-state index >= 15 is 4.39 Å². The molecule has 2 aromatic carbocycles. The van der Waals surface area contributed by atoms with E-state index in [0.29, 0.717) is 16.7 Å². The zero-order valence-electron chi connectivity index (χ0n) is 19.3. The largest absolute Gasteiger partial charge is 0.373 e. The Morgan fingerprint density at radius 2 is 1.91 bits per heavy atom. The second kappa shape index (κ2) is 9.72. The fourth-order valence-corrected chi connectivity index (χ4v) is 5.02. The molecule has 0 bridgehead atoms. The summed E-state index contributed by atoms with van der Waals surface area (Å²) in [6.07, 6.45) is 2.53. The molecule has 1 saturated heterocycles. The van der Waals surface area contributed by atoms with Crippen molar-refractivity contribution in [3.63, 3.8) is 0 Å². The summed E-state index contributed by atoms with van der Waals surface area (Å²) >= 11 is 5.92. The van der Waals surface area contributed by atoms with Crippen molar-refractivity contribution in [2.24, 2.45) is 0 Å². The van der Waals surface area contributed by atoms with E-state index in [-0.39, 0.29) is 48.8 Å². The van der Waals surface area contributed by atoms with Crippen LogP contribution in [0.3, 0.4) is 0 Å². The van der Waals surface area contributed by atoms with Gasteiger partial charge in [0.25, 0.3) is 5.91 Å². The molecule has 1 heterocycles. The highest BCUT2D eigenvalue weighted by Gasteiger charge is 2.46. The lowest BCUT2D eigenvalue weighted by atomic mass is 9.93. The maximum atomic E-state index is 15.1. The molecule has 190 valence electrons. The van der Waals surface area contributed by atoms with E-state index in [1.54, 1.807) is 10.8 Å². The number of benzene rings is 2. The Morgan fingerprint density at radius 1 is 1.23 bits per heavy atom. The van der Waals surface area contributed by atoms with Gasteiger partial charge in [0.15, 0.2) is 5.67 Å². The van der Waals surface area contributed by atoms with Crippen molar-refractivity contribution in [3.05, 3.63) is 69.2 Å². The Bertz CT molecular complexity index is 1230. The minimum Gasteiger partial charge on any atom is -0.373 e. The lowest BCUT2D eigenvalue weighted by Crippen LogP contribution is -2.61. The van der Waals surface area contributed by atoms with Crippen LogP contribution in [0.25, 0.3) is 0 Å². The molecule has 35 heavy (non-hydrogen) atoms. The van der Waals surface area contributed by atoms with E-state index in [1.807, 2.05) is 11.8 Å². The Kier molecular flexibility index (Phi) is 7.21. The molecule has 1 unspecified atom stereocenters. The van der Waals surface area contributed by atoms with Gasteiger partial charge in [-0.25, -0.2) is 26.3 Å². The van der Waals surface area contributed by atoms with Gasteiger partial charge in [-0.15, -0.1) is 0 Å². The third-order valence-corrected chi connectivity index (χ3v) is 7.05. The molecule has 1 amide bonds. The van der Waals surface area contributed by atoms with E-state index in [9.17, 15) is 22.0 Å². The number of likely N-dealkylation sites (tertiary alicyclic amines) is 1. The lowest BCUT2D eigenvalue weighted by molar-refractivity contribution is -0.104. The standard InChI is InChI=1S/C24H26ClF3N2O4S/c1-14(16-5-18(25)8-19(26)6-16)30-11-24(28,12-30)13-34-10-17-7-22(27)21(9-20(17)15-3-4-15)23(31)29-35(2,32)33/h5-9,14-15H,3-4,10-13H2,1-2H3,(H,29,31). The molecule has 2 aliphatic rings. The molecule has 11 heteroatoms. The average Bonchev–Trinajstić information content (AvgIpc) is 3.54. The first-order valence-electron chi connectivity index (χ1n) is 11.1. The predicted octanol–water partition coefficient (Wildman–Crippen LogP) is 4.49. The molecular formula is C24H26ClF3N2O4S. The number of amides is 1. The molecule has 1 N–H and O–H groups in total. The Morgan fingerprint density at radius 3 is 2.51 bits per heavy atom. The van der Waals surface area contributed by atoms with Gasteiger partial charge in [0.05, 0.1) is 25.0 Å². The molecule has 6 nitrogen and oxygen atoms in total. The van der Waals surface area contributed by atoms with Crippen LogP contribution in [0.5, 0.6) is 0 Å². The molecule has 0 spiro atoms. The summed E-state index contributed by atoms with van der Waals surface area (Å²) in [5.41, 5.74) is -0.0983. The van der Waals surface area contributed by atoms with Crippen molar-refractivity contribution >= 4 is 27.5 Å². The quantitative estimate of drug-likeness (QED) is 0.517. The number of nitrogens with zero attached hydrogens (tertiary/aromatic N) is 1. The number of hydrogen-bond donors (Lipinski definition) is 1. The van der Waals surface area contributed by atoms with Crippen LogP contribution in [0.4, 0.5) is 13.2 Å². The van der Waals surface area contributed by atoms with E-state index in [4.69, 9.17) is 16.3 Å². The van der Waals surface area contributed by atoms with Gasteiger partial charge in [-0.05, 0) is 72.7 Å². The van der Waals surface area contributed by atoms with E-state index in [2.05, 4.69) is 0 Å². The SMILES string of the molecule is CC(c1cc(F)cc(Cl)c1)N1CC(F)(COCc2cc(F)c(C(=O)NS(C)(=O)=O)cc2C2CC2)C1. The van der Waals surface area contributed by atoms with Crippen molar-refractivity contribution in [3.8, 4) is 0 Å².